The van der Waals surface area contributed by atoms with Gasteiger partial charge in [0.25, 0.3) is 0 Å². The van der Waals surface area contributed by atoms with Crippen LogP contribution in [-0.2, 0) is 6.42 Å². The summed E-state index contributed by atoms with van der Waals surface area (Å²) in [6, 6.07) is 8.67. The lowest BCUT2D eigenvalue weighted by Gasteiger charge is -2.41. The second kappa shape index (κ2) is 3.74. The van der Waals surface area contributed by atoms with Crippen LogP contribution in [0, 0.1) is 12.3 Å². The molecule has 0 saturated heterocycles. The third kappa shape index (κ3) is 1.69. The first-order valence-electron chi connectivity index (χ1n) is 5.50. The molecule has 0 amide bonds. The average Bonchev–Trinajstić information content (AvgIpc) is 2.14. The van der Waals surface area contributed by atoms with Crippen molar-refractivity contribution in [2.45, 2.75) is 32.6 Å². The lowest BCUT2D eigenvalue weighted by molar-refractivity contribution is 0.144. The van der Waals surface area contributed by atoms with Gasteiger partial charge in [0.05, 0.1) is 0 Å². The molecule has 0 atom stereocenters. The Hall–Kier alpha value is -0.820. The molecule has 76 valence electrons. The van der Waals surface area contributed by atoms with E-state index in [2.05, 4.69) is 31.2 Å². The highest BCUT2D eigenvalue weighted by molar-refractivity contribution is 5.27. The van der Waals surface area contributed by atoms with E-state index in [1.54, 1.807) is 0 Å². The van der Waals surface area contributed by atoms with E-state index in [0.29, 0.717) is 5.41 Å². The maximum absolute atomic E-state index is 5.87. The molecule has 1 aromatic carbocycles. The predicted molar refractivity (Wildman–Crippen MR) is 60.2 cm³/mol. The van der Waals surface area contributed by atoms with Crippen molar-refractivity contribution in [1.82, 2.24) is 0 Å². The van der Waals surface area contributed by atoms with Gasteiger partial charge in [-0.15, -0.1) is 0 Å². The van der Waals surface area contributed by atoms with Crippen molar-refractivity contribution in [2.75, 3.05) is 6.54 Å². The maximum Gasteiger partial charge on any atom is -0.00173 e. The molecule has 1 heteroatoms. The van der Waals surface area contributed by atoms with E-state index in [4.69, 9.17) is 5.73 Å². The largest absolute Gasteiger partial charge is 0.330 e. The minimum Gasteiger partial charge on any atom is -0.330 e. The Bertz CT molecular complexity index is 307. The topological polar surface area (TPSA) is 26.0 Å². The molecule has 0 heterocycles. The SMILES string of the molecule is Cc1ccccc1CC1(CN)CCC1. The van der Waals surface area contributed by atoms with Crippen LogP contribution in [0.25, 0.3) is 0 Å². The van der Waals surface area contributed by atoms with Gasteiger partial charge in [0, 0.05) is 0 Å². The summed E-state index contributed by atoms with van der Waals surface area (Å²) in [5, 5.41) is 0. The number of nitrogens with two attached hydrogens (primary N) is 1. The lowest BCUT2D eigenvalue weighted by Crippen LogP contribution is -2.39. The summed E-state index contributed by atoms with van der Waals surface area (Å²) in [4.78, 5) is 0. The molecule has 1 aliphatic carbocycles. The van der Waals surface area contributed by atoms with Crippen LogP contribution in [0.2, 0.25) is 0 Å². The summed E-state index contributed by atoms with van der Waals surface area (Å²) in [7, 11) is 0. The van der Waals surface area contributed by atoms with E-state index in [1.807, 2.05) is 0 Å². The first kappa shape index (κ1) is 9.72. The minimum absolute atomic E-state index is 0.437. The Morgan fingerprint density at radius 3 is 2.50 bits per heavy atom. The normalized spacial score (nSPS) is 19.0. The molecule has 0 aromatic heterocycles. The van der Waals surface area contributed by atoms with Crippen molar-refractivity contribution in [1.29, 1.82) is 0 Å². The van der Waals surface area contributed by atoms with Crippen LogP contribution in [-0.4, -0.2) is 6.54 Å². The van der Waals surface area contributed by atoms with Gasteiger partial charge in [0.15, 0.2) is 0 Å². The molecule has 2 rings (SSSR count). The van der Waals surface area contributed by atoms with Crippen LogP contribution in [0.5, 0.6) is 0 Å². The molecule has 0 bridgehead atoms. The molecular weight excluding hydrogens is 170 g/mol. The van der Waals surface area contributed by atoms with Crippen molar-refractivity contribution >= 4 is 0 Å². The Balaban J connectivity index is 2.13. The highest BCUT2D eigenvalue weighted by atomic mass is 14.6. The number of hydrogen-bond donors (Lipinski definition) is 1. The zero-order valence-electron chi connectivity index (χ0n) is 8.92. The smallest absolute Gasteiger partial charge is 0.00173 e. The Morgan fingerprint density at radius 1 is 1.29 bits per heavy atom. The summed E-state index contributed by atoms with van der Waals surface area (Å²) >= 11 is 0. The zero-order chi connectivity index (χ0) is 10.0. The molecule has 0 aliphatic heterocycles. The molecule has 1 saturated carbocycles. The van der Waals surface area contributed by atoms with Crippen molar-refractivity contribution in [3.05, 3.63) is 35.4 Å². The molecule has 0 unspecified atom stereocenters. The molecule has 1 aliphatic rings. The van der Waals surface area contributed by atoms with Crippen molar-refractivity contribution in [3.8, 4) is 0 Å². The monoisotopic (exact) mass is 189 g/mol. The lowest BCUT2D eigenvalue weighted by atomic mass is 9.65. The summed E-state index contributed by atoms with van der Waals surface area (Å²) in [5.74, 6) is 0. The fourth-order valence-electron chi connectivity index (χ4n) is 2.34. The fourth-order valence-corrected chi connectivity index (χ4v) is 2.34. The molecule has 0 radical (unpaired) electrons. The van der Waals surface area contributed by atoms with Gasteiger partial charge >= 0.3 is 0 Å². The number of hydrogen-bond acceptors (Lipinski definition) is 1. The van der Waals surface area contributed by atoms with E-state index >= 15 is 0 Å². The van der Waals surface area contributed by atoms with E-state index in [0.717, 1.165) is 6.54 Å². The predicted octanol–water partition coefficient (Wildman–Crippen LogP) is 2.67. The highest BCUT2D eigenvalue weighted by Crippen LogP contribution is 2.42. The van der Waals surface area contributed by atoms with Gasteiger partial charge in [-0.25, -0.2) is 0 Å². The van der Waals surface area contributed by atoms with Gasteiger partial charge in [0.1, 0.15) is 0 Å². The van der Waals surface area contributed by atoms with Gasteiger partial charge in [0.2, 0.25) is 0 Å². The first-order chi connectivity index (χ1) is 6.76. The fraction of sp³-hybridized carbons (Fsp3) is 0.538. The molecule has 2 N–H and O–H groups in total. The molecule has 0 spiro atoms. The van der Waals surface area contributed by atoms with E-state index in [9.17, 15) is 0 Å². The van der Waals surface area contributed by atoms with Gasteiger partial charge in [-0.2, -0.15) is 0 Å². The molecule has 1 nitrogen and oxygen atoms in total. The van der Waals surface area contributed by atoms with E-state index in [-0.39, 0.29) is 0 Å². The van der Waals surface area contributed by atoms with Crippen LogP contribution < -0.4 is 5.73 Å². The first-order valence-corrected chi connectivity index (χ1v) is 5.50. The van der Waals surface area contributed by atoms with Crippen LogP contribution >= 0.6 is 0 Å². The molecule has 1 fully saturated rings. The molecule has 14 heavy (non-hydrogen) atoms. The van der Waals surface area contributed by atoms with E-state index < -0.39 is 0 Å². The van der Waals surface area contributed by atoms with Crippen LogP contribution in [0.4, 0.5) is 0 Å². The number of rotatable bonds is 3. The maximum atomic E-state index is 5.87. The minimum atomic E-state index is 0.437. The van der Waals surface area contributed by atoms with Crippen LogP contribution in [0.1, 0.15) is 30.4 Å². The van der Waals surface area contributed by atoms with Crippen molar-refractivity contribution < 1.29 is 0 Å². The van der Waals surface area contributed by atoms with Crippen LogP contribution in [0.15, 0.2) is 24.3 Å². The number of benzene rings is 1. The summed E-state index contributed by atoms with van der Waals surface area (Å²) in [5.41, 5.74) is 9.20. The van der Waals surface area contributed by atoms with Crippen molar-refractivity contribution in [3.63, 3.8) is 0 Å². The van der Waals surface area contributed by atoms with Crippen LogP contribution in [0.3, 0.4) is 0 Å². The highest BCUT2D eigenvalue weighted by Gasteiger charge is 2.35. The summed E-state index contributed by atoms with van der Waals surface area (Å²) in [6.07, 6.45) is 5.18. The second-order valence-corrected chi connectivity index (χ2v) is 4.66. The second-order valence-electron chi connectivity index (χ2n) is 4.66. The quantitative estimate of drug-likeness (QED) is 0.777. The molecular formula is C13H19N. The van der Waals surface area contributed by atoms with Gasteiger partial charge in [-0.3, -0.25) is 0 Å². The Labute approximate surface area is 86.3 Å². The Morgan fingerprint density at radius 2 is 2.00 bits per heavy atom. The van der Waals surface area contributed by atoms with E-state index in [1.165, 1.54) is 36.8 Å². The zero-order valence-corrected chi connectivity index (χ0v) is 8.92. The third-order valence-corrected chi connectivity index (χ3v) is 3.67. The third-order valence-electron chi connectivity index (χ3n) is 3.67. The van der Waals surface area contributed by atoms with Crippen molar-refractivity contribution in [2.24, 2.45) is 11.1 Å². The van der Waals surface area contributed by atoms with Gasteiger partial charge in [-0.05, 0) is 49.3 Å². The standard InChI is InChI=1S/C13H19N/c1-11-5-2-3-6-12(11)9-13(10-14)7-4-8-13/h2-3,5-6H,4,7-10,14H2,1H3. The average molecular weight is 189 g/mol. The number of aryl methyl sites for hydroxylation is 1. The van der Waals surface area contributed by atoms with Gasteiger partial charge < -0.3 is 5.73 Å². The summed E-state index contributed by atoms with van der Waals surface area (Å²) < 4.78 is 0. The Kier molecular flexibility index (Phi) is 2.60. The van der Waals surface area contributed by atoms with Gasteiger partial charge in [-0.1, -0.05) is 30.7 Å². The molecule has 1 aromatic rings. The summed E-state index contributed by atoms with van der Waals surface area (Å²) in [6.45, 7) is 3.04.